The second-order valence-electron chi connectivity index (χ2n) is 6.09. The molecule has 3 rings (SSSR count). The van der Waals surface area contributed by atoms with Gasteiger partial charge in [0.2, 0.25) is 5.91 Å². The molecule has 1 aromatic heterocycles. The molecule has 2 heterocycles. The number of hydrogen-bond acceptors (Lipinski definition) is 5. The van der Waals surface area contributed by atoms with Crippen molar-refractivity contribution in [2.45, 2.75) is 11.1 Å². The van der Waals surface area contributed by atoms with Crippen molar-refractivity contribution in [3.05, 3.63) is 52.4 Å². The number of para-hydroxylation sites is 1. The fourth-order valence-corrected chi connectivity index (χ4v) is 5.94. The highest BCUT2D eigenvalue weighted by atomic mass is 35.5. The largest absolute Gasteiger partial charge is 0.493 e. The number of piperazine rings is 1. The van der Waals surface area contributed by atoms with Gasteiger partial charge in [-0.15, -0.1) is 11.3 Å². The maximum Gasteiger partial charge on any atom is 0.252 e. The molecule has 9 heteroatoms. The topological polar surface area (TPSA) is 66.9 Å². The molecule has 6 nitrogen and oxygen atoms in total. The molecular formula is C19H21ClN2O4S2. The predicted octanol–water partition coefficient (Wildman–Crippen LogP) is 3.35. The van der Waals surface area contributed by atoms with Crippen molar-refractivity contribution in [1.29, 1.82) is 0 Å². The lowest BCUT2D eigenvalue weighted by atomic mass is 10.2. The standard InChI is InChI=1S/C19H21ClN2O4S2/c1-2-26-16-6-4-3-5-15(16)7-9-18(23)21-11-13-22(14-12-21)28(24,25)19-10-8-17(20)27-19/h3-10H,2,11-14H2,1H3/b9-7+. The molecule has 0 aliphatic carbocycles. The van der Waals surface area contributed by atoms with Gasteiger partial charge in [-0.1, -0.05) is 29.8 Å². The van der Waals surface area contributed by atoms with Gasteiger partial charge in [0.15, 0.2) is 0 Å². The number of thiophene rings is 1. The van der Waals surface area contributed by atoms with Gasteiger partial charge in [-0.05, 0) is 31.2 Å². The molecule has 1 fully saturated rings. The van der Waals surface area contributed by atoms with Crippen LogP contribution in [0, 0.1) is 0 Å². The average Bonchev–Trinajstić information content (AvgIpc) is 3.14. The van der Waals surface area contributed by atoms with Crippen LogP contribution < -0.4 is 4.74 Å². The summed E-state index contributed by atoms with van der Waals surface area (Å²) in [5.41, 5.74) is 0.827. The van der Waals surface area contributed by atoms with Crippen LogP contribution in [0.25, 0.3) is 6.08 Å². The van der Waals surface area contributed by atoms with E-state index in [0.29, 0.717) is 24.0 Å². The molecule has 150 valence electrons. The van der Waals surface area contributed by atoms with Gasteiger partial charge in [0, 0.05) is 37.8 Å². The summed E-state index contributed by atoms with van der Waals surface area (Å²) in [7, 11) is -3.56. The van der Waals surface area contributed by atoms with Crippen LogP contribution in [0.4, 0.5) is 0 Å². The van der Waals surface area contributed by atoms with Crippen molar-refractivity contribution >= 4 is 44.9 Å². The minimum absolute atomic E-state index is 0.150. The van der Waals surface area contributed by atoms with Gasteiger partial charge in [-0.25, -0.2) is 8.42 Å². The molecule has 0 bridgehead atoms. The summed E-state index contributed by atoms with van der Waals surface area (Å²) >= 11 is 6.89. The van der Waals surface area contributed by atoms with E-state index in [0.717, 1.165) is 22.6 Å². The van der Waals surface area contributed by atoms with Crippen LogP contribution in [0.15, 0.2) is 46.7 Å². The zero-order chi connectivity index (χ0) is 20.1. The second kappa shape index (κ2) is 9.09. The SMILES string of the molecule is CCOc1ccccc1/C=C/C(=O)N1CCN(S(=O)(=O)c2ccc(Cl)s2)CC1. The van der Waals surface area contributed by atoms with Gasteiger partial charge < -0.3 is 9.64 Å². The van der Waals surface area contributed by atoms with E-state index in [4.69, 9.17) is 16.3 Å². The van der Waals surface area contributed by atoms with E-state index >= 15 is 0 Å². The number of nitrogens with zero attached hydrogens (tertiary/aromatic N) is 2. The zero-order valence-electron chi connectivity index (χ0n) is 15.4. The Morgan fingerprint density at radius 1 is 1.18 bits per heavy atom. The molecule has 0 unspecified atom stereocenters. The van der Waals surface area contributed by atoms with Gasteiger partial charge in [0.1, 0.15) is 9.96 Å². The molecule has 0 spiro atoms. The Labute approximate surface area is 174 Å². The highest BCUT2D eigenvalue weighted by molar-refractivity contribution is 7.91. The lowest BCUT2D eigenvalue weighted by molar-refractivity contribution is -0.127. The Morgan fingerprint density at radius 2 is 1.89 bits per heavy atom. The highest BCUT2D eigenvalue weighted by Gasteiger charge is 2.30. The third kappa shape index (κ3) is 4.75. The van der Waals surface area contributed by atoms with Crippen LogP contribution in [0.2, 0.25) is 4.34 Å². The van der Waals surface area contributed by atoms with Crippen molar-refractivity contribution in [3.63, 3.8) is 0 Å². The lowest BCUT2D eigenvalue weighted by Crippen LogP contribution is -2.50. The Balaban J connectivity index is 1.61. The Hall–Kier alpha value is -1.87. The molecule has 28 heavy (non-hydrogen) atoms. The predicted molar refractivity (Wildman–Crippen MR) is 111 cm³/mol. The normalized spacial score (nSPS) is 15.9. The van der Waals surface area contributed by atoms with E-state index < -0.39 is 10.0 Å². The van der Waals surface area contributed by atoms with Crippen molar-refractivity contribution in [1.82, 2.24) is 9.21 Å². The lowest BCUT2D eigenvalue weighted by Gasteiger charge is -2.33. The number of amides is 1. The van der Waals surface area contributed by atoms with E-state index in [-0.39, 0.29) is 23.2 Å². The quantitative estimate of drug-likeness (QED) is 0.646. The summed E-state index contributed by atoms with van der Waals surface area (Å²) in [4.78, 5) is 14.1. The Bertz CT molecular complexity index is 964. The van der Waals surface area contributed by atoms with Crippen molar-refractivity contribution in [3.8, 4) is 5.75 Å². The summed E-state index contributed by atoms with van der Waals surface area (Å²) < 4.78 is 32.9. The molecule has 0 saturated carbocycles. The van der Waals surface area contributed by atoms with Crippen molar-refractivity contribution in [2.75, 3.05) is 32.8 Å². The fraction of sp³-hybridized carbons (Fsp3) is 0.316. The first-order valence-corrected chi connectivity index (χ1v) is 11.5. The molecule has 0 N–H and O–H groups in total. The molecule has 1 aromatic carbocycles. The summed E-state index contributed by atoms with van der Waals surface area (Å²) in [5, 5.41) is 0. The Morgan fingerprint density at radius 3 is 2.54 bits per heavy atom. The van der Waals surface area contributed by atoms with Gasteiger partial charge in [-0.3, -0.25) is 4.79 Å². The van der Waals surface area contributed by atoms with E-state index in [1.165, 1.54) is 16.4 Å². The summed E-state index contributed by atoms with van der Waals surface area (Å²) in [6.07, 6.45) is 3.23. The molecule has 1 aliphatic heterocycles. The summed E-state index contributed by atoms with van der Waals surface area (Å²) in [6, 6.07) is 10.6. The van der Waals surface area contributed by atoms with E-state index in [9.17, 15) is 13.2 Å². The molecule has 0 atom stereocenters. The third-order valence-corrected chi connectivity index (χ3v) is 7.91. The molecular weight excluding hydrogens is 420 g/mol. The fourth-order valence-electron chi connectivity index (χ4n) is 2.88. The van der Waals surface area contributed by atoms with E-state index in [2.05, 4.69) is 0 Å². The first-order valence-electron chi connectivity index (χ1n) is 8.86. The molecule has 2 aromatic rings. The smallest absolute Gasteiger partial charge is 0.252 e. The number of rotatable bonds is 6. The zero-order valence-corrected chi connectivity index (χ0v) is 17.8. The number of halogens is 1. The Kier molecular flexibility index (Phi) is 6.77. The molecule has 0 radical (unpaired) electrons. The van der Waals surface area contributed by atoms with Crippen LogP contribution in [-0.2, 0) is 14.8 Å². The van der Waals surface area contributed by atoms with E-state index in [1.54, 1.807) is 17.0 Å². The maximum atomic E-state index is 12.6. The van der Waals surface area contributed by atoms with Crippen molar-refractivity contribution in [2.24, 2.45) is 0 Å². The summed E-state index contributed by atoms with van der Waals surface area (Å²) in [5.74, 6) is 0.571. The first-order chi connectivity index (χ1) is 13.4. The third-order valence-electron chi connectivity index (χ3n) is 4.32. The van der Waals surface area contributed by atoms with Crippen LogP contribution in [-0.4, -0.2) is 56.3 Å². The van der Waals surface area contributed by atoms with E-state index in [1.807, 2.05) is 31.2 Å². The molecule has 1 saturated heterocycles. The van der Waals surface area contributed by atoms with Crippen LogP contribution >= 0.6 is 22.9 Å². The van der Waals surface area contributed by atoms with Gasteiger partial charge in [0.05, 0.1) is 10.9 Å². The number of sulfonamides is 1. The molecule has 1 aliphatic rings. The minimum Gasteiger partial charge on any atom is -0.493 e. The number of ether oxygens (including phenoxy) is 1. The number of carbonyl (C=O) groups excluding carboxylic acids is 1. The van der Waals surface area contributed by atoms with Crippen LogP contribution in [0.3, 0.4) is 0 Å². The summed E-state index contributed by atoms with van der Waals surface area (Å²) in [6.45, 7) is 3.65. The second-order valence-corrected chi connectivity index (χ2v) is 9.97. The number of benzene rings is 1. The van der Waals surface area contributed by atoms with Crippen LogP contribution in [0.5, 0.6) is 5.75 Å². The minimum atomic E-state index is -3.56. The average molecular weight is 441 g/mol. The van der Waals surface area contributed by atoms with Gasteiger partial charge in [0.25, 0.3) is 10.0 Å². The van der Waals surface area contributed by atoms with Gasteiger partial charge in [-0.2, -0.15) is 4.31 Å². The highest BCUT2D eigenvalue weighted by Crippen LogP contribution is 2.28. The van der Waals surface area contributed by atoms with Crippen molar-refractivity contribution < 1.29 is 17.9 Å². The van der Waals surface area contributed by atoms with Gasteiger partial charge >= 0.3 is 0 Å². The molecule has 1 amide bonds. The first kappa shape index (κ1) is 20.9. The monoisotopic (exact) mass is 440 g/mol. The number of carbonyl (C=O) groups is 1. The maximum absolute atomic E-state index is 12.6. The number of hydrogen-bond donors (Lipinski definition) is 0. The van der Waals surface area contributed by atoms with Crippen LogP contribution in [0.1, 0.15) is 12.5 Å².